The van der Waals surface area contributed by atoms with Crippen molar-refractivity contribution in [1.29, 1.82) is 0 Å². The van der Waals surface area contributed by atoms with Gasteiger partial charge in [-0.15, -0.1) is 0 Å². The fourth-order valence-electron chi connectivity index (χ4n) is 1.93. The fraction of sp³-hybridized carbons (Fsp3) is 0.143. The Bertz CT molecular complexity index is 713. The van der Waals surface area contributed by atoms with Gasteiger partial charge >= 0.3 is 0 Å². The lowest BCUT2D eigenvalue weighted by Gasteiger charge is -2.13. The third-order valence-corrected chi connectivity index (χ3v) is 4.79. The maximum atomic E-state index is 12.8. The minimum Gasteiger partial charge on any atom is -0.495 e. The third kappa shape index (κ3) is 2.73. The van der Waals surface area contributed by atoms with Gasteiger partial charge in [0, 0.05) is 23.5 Å². The van der Waals surface area contributed by atoms with Crippen molar-refractivity contribution in [2.75, 3.05) is 25.7 Å². The van der Waals surface area contributed by atoms with Gasteiger partial charge in [0.15, 0.2) is 0 Å². The summed E-state index contributed by atoms with van der Waals surface area (Å²) < 4.78 is 35.8. The lowest BCUT2D eigenvalue weighted by atomic mass is 10.3. The van der Waals surface area contributed by atoms with Crippen molar-refractivity contribution in [3.05, 3.63) is 36.4 Å². The summed E-state index contributed by atoms with van der Waals surface area (Å²) >= 11 is 0. The van der Waals surface area contributed by atoms with E-state index in [1.165, 1.54) is 50.6 Å². The Labute approximate surface area is 123 Å². The molecule has 0 spiro atoms. The third-order valence-electron chi connectivity index (χ3n) is 2.95. The van der Waals surface area contributed by atoms with Gasteiger partial charge in [-0.2, -0.15) is 0 Å². The normalized spacial score (nSPS) is 11.1. The van der Waals surface area contributed by atoms with Crippen LogP contribution < -0.4 is 20.9 Å². The number of sulfone groups is 1. The predicted molar refractivity (Wildman–Crippen MR) is 80.3 cm³/mol. The van der Waals surface area contributed by atoms with E-state index in [0.717, 1.165) is 0 Å². The smallest absolute Gasteiger partial charge is 0.213 e. The number of ether oxygens (including phenoxy) is 2. The van der Waals surface area contributed by atoms with Crippen molar-refractivity contribution >= 4 is 21.2 Å². The van der Waals surface area contributed by atoms with Gasteiger partial charge in [-0.1, -0.05) is 0 Å². The number of benzene rings is 2. The summed E-state index contributed by atoms with van der Waals surface area (Å²) in [5.41, 5.74) is 12.1. The van der Waals surface area contributed by atoms with Gasteiger partial charge in [0.05, 0.1) is 14.2 Å². The van der Waals surface area contributed by atoms with Crippen molar-refractivity contribution in [1.82, 2.24) is 0 Å². The molecule has 0 radical (unpaired) electrons. The first-order valence-corrected chi connectivity index (χ1v) is 7.50. The van der Waals surface area contributed by atoms with Crippen molar-refractivity contribution in [3.8, 4) is 11.5 Å². The number of anilines is 2. The molecule has 112 valence electrons. The Balaban J connectivity index is 2.68. The molecule has 0 unspecified atom stereocenters. The van der Waals surface area contributed by atoms with Gasteiger partial charge < -0.3 is 20.9 Å². The molecule has 0 aromatic heterocycles. The van der Waals surface area contributed by atoms with Crippen molar-refractivity contribution < 1.29 is 17.9 Å². The molecule has 0 aliphatic carbocycles. The zero-order chi connectivity index (χ0) is 15.6. The highest BCUT2D eigenvalue weighted by Gasteiger charge is 2.26. The zero-order valence-electron chi connectivity index (χ0n) is 11.7. The molecule has 0 saturated carbocycles. The molecule has 2 aromatic carbocycles. The highest BCUT2D eigenvalue weighted by atomic mass is 32.2. The van der Waals surface area contributed by atoms with E-state index in [2.05, 4.69) is 0 Å². The van der Waals surface area contributed by atoms with Crippen molar-refractivity contribution in [2.45, 2.75) is 9.79 Å². The monoisotopic (exact) mass is 308 g/mol. The van der Waals surface area contributed by atoms with Crippen LogP contribution in [0.25, 0.3) is 0 Å². The second-order valence-corrected chi connectivity index (χ2v) is 6.21. The molecule has 0 amide bonds. The maximum absolute atomic E-state index is 12.8. The zero-order valence-corrected chi connectivity index (χ0v) is 12.5. The SMILES string of the molecule is COc1cc(N)ccc1S(=O)(=O)c1ccc(N)cc1OC. The van der Waals surface area contributed by atoms with Crippen LogP contribution in [0.2, 0.25) is 0 Å². The van der Waals surface area contributed by atoms with Crippen LogP contribution in [-0.4, -0.2) is 22.6 Å². The number of nitrogen functional groups attached to an aromatic ring is 2. The summed E-state index contributed by atoms with van der Waals surface area (Å²) in [5, 5.41) is 0. The number of methoxy groups -OCH3 is 2. The van der Waals surface area contributed by atoms with Crippen LogP contribution >= 0.6 is 0 Å². The first kappa shape index (κ1) is 15.0. The van der Waals surface area contributed by atoms with Crippen LogP contribution in [-0.2, 0) is 9.84 Å². The molecule has 7 heteroatoms. The molecule has 6 nitrogen and oxygen atoms in total. The topological polar surface area (TPSA) is 105 Å². The molecular formula is C14H16N2O4S. The van der Waals surface area contributed by atoms with Crippen molar-refractivity contribution in [2.24, 2.45) is 0 Å². The van der Waals surface area contributed by atoms with Gasteiger partial charge in [-0.05, 0) is 24.3 Å². The van der Waals surface area contributed by atoms with Crippen LogP contribution in [0.15, 0.2) is 46.2 Å². The molecule has 0 aliphatic rings. The second-order valence-electron chi connectivity index (χ2n) is 4.32. The summed E-state index contributed by atoms with van der Waals surface area (Å²) in [5.74, 6) is 0.350. The second kappa shape index (κ2) is 5.53. The minimum atomic E-state index is -3.82. The Morgan fingerprint density at radius 1 is 0.810 bits per heavy atom. The predicted octanol–water partition coefficient (Wildman–Crippen LogP) is 1.70. The average molecular weight is 308 g/mol. The van der Waals surface area contributed by atoms with E-state index in [1.54, 1.807) is 0 Å². The van der Waals surface area contributed by atoms with Crippen LogP contribution in [0, 0.1) is 0 Å². The number of hydrogen-bond acceptors (Lipinski definition) is 6. The van der Waals surface area contributed by atoms with Crippen LogP contribution in [0.1, 0.15) is 0 Å². The molecule has 2 rings (SSSR count). The van der Waals surface area contributed by atoms with Gasteiger partial charge in [0.25, 0.3) is 0 Å². The molecule has 2 aromatic rings. The molecule has 0 heterocycles. The van der Waals surface area contributed by atoms with Gasteiger partial charge in [-0.25, -0.2) is 8.42 Å². The van der Waals surface area contributed by atoms with E-state index in [4.69, 9.17) is 20.9 Å². The van der Waals surface area contributed by atoms with E-state index in [0.29, 0.717) is 11.4 Å². The molecule has 0 atom stereocenters. The van der Waals surface area contributed by atoms with Crippen molar-refractivity contribution in [3.63, 3.8) is 0 Å². The summed E-state index contributed by atoms with van der Waals surface area (Å²) in [6.45, 7) is 0. The molecule has 0 bridgehead atoms. The molecule has 0 fully saturated rings. The molecule has 21 heavy (non-hydrogen) atoms. The number of nitrogens with two attached hydrogens (primary N) is 2. The summed E-state index contributed by atoms with van der Waals surface area (Å²) in [7, 11) is -1.05. The first-order valence-electron chi connectivity index (χ1n) is 6.02. The molecule has 0 aliphatic heterocycles. The molecule has 4 N–H and O–H groups in total. The highest BCUT2D eigenvalue weighted by molar-refractivity contribution is 7.91. The van der Waals surface area contributed by atoms with Crippen LogP contribution in [0.3, 0.4) is 0 Å². The maximum Gasteiger partial charge on any atom is 0.213 e. The Morgan fingerprint density at radius 2 is 1.19 bits per heavy atom. The minimum absolute atomic E-state index is 0.0160. The molecule has 0 saturated heterocycles. The Kier molecular flexibility index (Phi) is 3.95. The van der Waals surface area contributed by atoms with E-state index in [1.807, 2.05) is 0 Å². The lowest BCUT2D eigenvalue weighted by molar-refractivity contribution is 0.399. The first-order chi connectivity index (χ1) is 9.90. The Morgan fingerprint density at radius 3 is 1.52 bits per heavy atom. The van der Waals surface area contributed by atoms with E-state index in [9.17, 15) is 8.42 Å². The van der Waals surface area contributed by atoms with Crippen LogP contribution in [0.5, 0.6) is 11.5 Å². The highest BCUT2D eigenvalue weighted by Crippen LogP contribution is 2.35. The van der Waals surface area contributed by atoms with E-state index in [-0.39, 0.29) is 21.3 Å². The summed E-state index contributed by atoms with van der Waals surface area (Å²) in [4.78, 5) is 0.0320. The summed E-state index contributed by atoms with van der Waals surface area (Å²) in [6.07, 6.45) is 0. The van der Waals surface area contributed by atoms with E-state index >= 15 is 0 Å². The average Bonchev–Trinajstić information content (AvgIpc) is 2.46. The van der Waals surface area contributed by atoms with Gasteiger partial charge in [0.2, 0.25) is 9.84 Å². The van der Waals surface area contributed by atoms with E-state index < -0.39 is 9.84 Å². The van der Waals surface area contributed by atoms with Gasteiger partial charge in [-0.3, -0.25) is 0 Å². The van der Waals surface area contributed by atoms with Gasteiger partial charge in [0.1, 0.15) is 21.3 Å². The standard InChI is InChI=1S/C14H16N2O4S/c1-19-11-7-9(15)3-5-13(11)21(17,18)14-6-4-10(16)8-12(14)20-2/h3-8H,15-16H2,1-2H3. The fourth-order valence-corrected chi connectivity index (χ4v) is 3.48. The largest absolute Gasteiger partial charge is 0.495 e. The summed E-state index contributed by atoms with van der Waals surface area (Å²) in [6, 6.07) is 8.71. The quantitative estimate of drug-likeness (QED) is 0.833. The lowest BCUT2D eigenvalue weighted by Crippen LogP contribution is -2.07. The number of hydrogen-bond donors (Lipinski definition) is 2. The molecular weight excluding hydrogens is 292 g/mol. The van der Waals surface area contributed by atoms with Crippen LogP contribution in [0.4, 0.5) is 11.4 Å². The Hall–Kier alpha value is -2.41. The number of rotatable bonds is 4.